The van der Waals surface area contributed by atoms with Crippen LogP contribution in [-0.2, 0) is 0 Å². The van der Waals surface area contributed by atoms with Crippen molar-refractivity contribution in [3.63, 3.8) is 0 Å². The molecule has 0 unspecified atom stereocenters. The van der Waals surface area contributed by atoms with Gasteiger partial charge in [0.25, 0.3) is 0 Å². The molecule has 0 fully saturated rings. The molecule has 0 aliphatic rings. The van der Waals surface area contributed by atoms with Gasteiger partial charge in [0.15, 0.2) is 5.82 Å². The summed E-state index contributed by atoms with van der Waals surface area (Å²) in [6.45, 7) is 0. The van der Waals surface area contributed by atoms with Gasteiger partial charge in [-0.25, -0.2) is 9.37 Å². The molecule has 72 valence electrons. The van der Waals surface area contributed by atoms with Gasteiger partial charge in [-0.1, -0.05) is 17.7 Å². The number of aromatic nitrogens is 2. The Bertz CT molecular complexity index is 428. The van der Waals surface area contributed by atoms with E-state index in [0.717, 1.165) is 0 Å². The number of anilines is 2. The van der Waals surface area contributed by atoms with Crippen LogP contribution in [-0.4, -0.2) is 9.97 Å². The van der Waals surface area contributed by atoms with Gasteiger partial charge in [-0.2, -0.15) is 0 Å². The highest BCUT2D eigenvalue weighted by molar-refractivity contribution is 6.31. The first-order valence-electron chi connectivity index (χ1n) is 3.98. The van der Waals surface area contributed by atoms with Gasteiger partial charge in [0.1, 0.15) is 0 Å². The number of hydrogen-bond acceptors (Lipinski definition) is 2. The Kier molecular flexibility index (Phi) is 2.37. The highest BCUT2D eigenvalue weighted by Gasteiger charge is 2.06. The minimum atomic E-state index is -0.481. The fraction of sp³-hybridized carbons (Fsp3) is 0. The minimum Gasteiger partial charge on any atom is -0.331 e. The molecule has 0 spiro atoms. The molecule has 0 amide bonds. The summed E-state index contributed by atoms with van der Waals surface area (Å²) in [4.78, 5) is 6.71. The van der Waals surface area contributed by atoms with Crippen LogP contribution in [0, 0.1) is 5.82 Å². The fourth-order valence-electron chi connectivity index (χ4n) is 1.06. The Balaban J connectivity index is 2.29. The van der Waals surface area contributed by atoms with Crippen molar-refractivity contribution in [3.8, 4) is 0 Å². The summed E-state index contributed by atoms with van der Waals surface area (Å²) in [6.07, 6.45) is 3.22. The van der Waals surface area contributed by atoms with Crippen LogP contribution in [0.5, 0.6) is 0 Å². The molecule has 0 bridgehead atoms. The van der Waals surface area contributed by atoms with E-state index in [0.29, 0.717) is 11.6 Å². The molecule has 2 aromatic rings. The van der Waals surface area contributed by atoms with Gasteiger partial charge in [0, 0.05) is 12.4 Å². The minimum absolute atomic E-state index is 0.0848. The van der Waals surface area contributed by atoms with Gasteiger partial charge >= 0.3 is 0 Å². The van der Waals surface area contributed by atoms with Crippen molar-refractivity contribution in [2.45, 2.75) is 0 Å². The Morgan fingerprint density at radius 3 is 3.00 bits per heavy atom. The number of benzene rings is 1. The molecule has 1 aromatic heterocycles. The van der Waals surface area contributed by atoms with Crippen molar-refractivity contribution in [2.75, 3.05) is 5.32 Å². The molecule has 1 aromatic carbocycles. The summed E-state index contributed by atoms with van der Waals surface area (Å²) < 4.78 is 13.4. The molecule has 0 saturated carbocycles. The SMILES string of the molecule is Fc1c(Cl)cccc1Nc1ncc[nH]1. The van der Waals surface area contributed by atoms with Crippen LogP contribution in [0.3, 0.4) is 0 Å². The number of nitrogens with zero attached hydrogens (tertiary/aromatic N) is 1. The normalized spacial score (nSPS) is 10.1. The second-order valence-corrected chi connectivity index (χ2v) is 3.07. The average Bonchev–Trinajstić information content (AvgIpc) is 2.66. The van der Waals surface area contributed by atoms with Gasteiger partial charge in [-0.15, -0.1) is 0 Å². The molecule has 5 heteroatoms. The number of rotatable bonds is 2. The smallest absolute Gasteiger partial charge is 0.204 e. The van der Waals surface area contributed by atoms with Crippen LogP contribution in [0.4, 0.5) is 16.0 Å². The summed E-state index contributed by atoms with van der Waals surface area (Å²) in [5.74, 6) is -0.00302. The van der Waals surface area contributed by atoms with E-state index >= 15 is 0 Å². The van der Waals surface area contributed by atoms with E-state index in [1.807, 2.05) is 0 Å². The van der Waals surface area contributed by atoms with E-state index in [4.69, 9.17) is 11.6 Å². The van der Waals surface area contributed by atoms with Crippen LogP contribution < -0.4 is 5.32 Å². The molecule has 3 nitrogen and oxygen atoms in total. The third-order valence-corrected chi connectivity index (χ3v) is 1.99. The quantitative estimate of drug-likeness (QED) is 0.802. The van der Waals surface area contributed by atoms with Crippen LogP contribution in [0.1, 0.15) is 0 Å². The summed E-state index contributed by atoms with van der Waals surface area (Å²) >= 11 is 5.61. The zero-order chi connectivity index (χ0) is 9.97. The van der Waals surface area contributed by atoms with E-state index in [2.05, 4.69) is 15.3 Å². The van der Waals surface area contributed by atoms with E-state index in [-0.39, 0.29) is 5.02 Å². The van der Waals surface area contributed by atoms with Crippen LogP contribution in [0.25, 0.3) is 0 Å². The van der Waals surface area contributed by atoms with Crippen molar-refractivity contribution in [1.29, 1.82) is 0 Å². The van der Waals surface area contributed by atoms with Crippen LogP contribution in [0.2, 0.25) is 5.02 Å². The monoisotopic (exact) mass is 211 g/mol. The molecule has 0 saturated heterocycles. The lowest BCUT2D eigenvalue weighted by molar-refractivity contribution is 0.632. The first-order chi connectivity index (χ1) is 6.77. The standard InChI is InChI=1S/C9H7ClFN3/c10-6-2-1-3-7(8(6)11)14-9-12-4-5-13-9/h1-5H,(H2,12,13,14). The van der Waals surface area contributed by atoms with Crippen molar-refractivity contribution in [2.24, 2.45) is 0 Å². The Hall–Kier alpha value is -1.55. The summed E-state index contributed by atoms with van der Waals surface area (Å²) in [5.41, 5.74) is 0.299. The highest BCUT2D eigenvalue weighted by Crippen LogP contribution is 2.23. The molecule has 1 heterocycles. The predicted molar refractivity (Wildman–Crippen MR) is 53.3 cm³/mol. The van der Waals surface area contributed by atoms with E-state index in [1.54, 1.807) is 24.5 Å². The molecule has 2 rings (SSSR count). The Labute approximate surface area is 84.9 Å². The maximum Gasteiger partial charge on any atom is 0.204 e. The van der Waals surface area contributed by atoms with Crippen LogP contribution >= 0.6 is 11.6 Å². The number of H-pyrrole nitrogens is 1. The average molecular weight is 212 g/mol. The van der Waals surface area contributed by atoms with Gasteiger partial charge in [-0.3, -0.25) is 0 Å². The predicted octanol–water partition coefficient (Wildman–Crippen LogP) is 2.95. The molecule has 14 heavy (non-hydrogen) atoms. The van der Waals surface area contributed by atoms with Crippen molar-refractivity contribution < 1.29 is 4.39 Å². The summed E-state index contributed by atoms with van der Waals surface area (Å²) in [6, 6.07) is 4.74. The van der Waals surface area contributed by atoms with E-state index in [9.17, 15) is 4.39 Å². The zero-order valence-corrected chi connectivity index (χ0v) is 7.85. The van der Waals surface area contributed by atoms with Gasteiger partial charge in [0.2, 0.25) is 5.95 Å². The summed E-state index contributed by atoms with van der Waals surface area (Å²) in [5, 5.41) is 2.85. The summed E-state index contributed by atoms with van der Waals surface area (Å²) in [7, 11) is 0. The second kappa shape index (κ2) is 3.67. The highest BCUT2D eigenvalue weighted by atomic mass is 35.5. The molecular formula is C9H7ClFN3. The van der Waals surface area contributed by atoms with Crippen molar-refractivity contribution in [3.05, 3.63) is 41.4 Å². The number of nitrogens with one attached hydrogen (secondary N) is 2. The molecule has 0 aliphatic carbocycles. The largest absolute Gasteiger partial charge is 0.331 e. The van der Waals surface area contributed by atoms with Crippen molar-refractivity contribution in [1.82, 2.24) is 9.97 Å². The maximum absolute atomic E-state index is 13.4. The molecule has 2 N–H and O–H groups in total. The molecular weight excluding hydrogens is 205 g/mol. The Morgan fingerprint density at radius 1 is 1.43 bits per heavy atom. The van der Waals surface area contributed by atoms with Gasteiger partial charge in [0.05, 0.1) is 10.7 Å². The first kappa shape index (κ1) is 9.02. The third-order valence-electron chi connectivity index (χ3n) is 1.70. The second-order valence-electron chi connectivity index (χ2n) is 2.66. The molecule has 0 radical (unpaired) electrons. The lowest BCUT2D eigenvalue weighted by Gasteiger charge is -2.04. The van der Waals surface area contributed by atoms with Crippen LogP contribution in [0.15, 0.2) is 30.6 Å². The molecule has 0 atom stereocenters. The van der Waals surface area contributed by atoms with E-state index in [1.165, 1.54) is 6.07 Å². The fourth-order valence-corrected chi connectivity index (χ4v) is 1.24. The third kappa shape index (κ3) is 1.70. The topological polar surface area (TPSA) is 40.7 Å². The van der Waals surface area contributed by atoms with E-state index < -0.39 is 5.82 Å². The maximum atomic E-state index is 13.4. The Morgan fingerprint density at radius 2 is 2.29 bits per heavy atom. The number of imidazole rings is 1. The number of aromatic amines is 1. The number of hydrogen-bond donors (Lipinski definition) is 2. The lowest BCUT2D eigenvalue weighted by atomic mass is 10.3. The number of halogens is 2. The molecule has 0 aliphatic heterocycles. The van der Waals surface area contributed by atoms with Crippen molar-refractivity contribution >= 4 is 23.2 Å². The van der Waals surface area contributed by atoms with Gasteiger partial charge in [-0.05, 0) is 12.1 Å². The first-order valence-corrected chi connectivity index (χ1v) is 4.35. The van der Waals surface area contributed by atoms with Gasteiger partial charge < -0.3 is 10.3 Å². The zero-order valence-electron chi connectivity index (χ0n) is 7.09. The lowest BCUT2D eigenvalue weighted by Crippen LogP contribution is -1.95.